The zero-order valence-corrected chi connectivity index (χ0v) is 7.99. The highest BCUT2D eigenvalue weighted by molar-refractivity contribution is 5.72. The molecule has 1 heterocycles. The lowest BCUT2D eigenvalue weighted by atomic mass is 9.70. The normalized spacial score (nSPS) is 19.5. The van der Waals surface area contributed by atoms with Crippen molar-refractivity contribution in [3.8, 4) is 0 Å². The molecular weight excluding hydrogens is 162 g/mol. The highest BCUT2D eigenvalue weighted by Gasteiger charge is 2.32. The average Bonchev–Trinajstić information content (AvgIpc) is 2.49. The summed E-state index contributed by atoms with van der Waals surface area (Å²) in [5, 5.41) is 0. The predicted molar refractivity (Wildman–Crippen MR) is 51.8 cm³/mol. The molecule has 0 spiro atoms. The average molecular weight is 177 g/mol. The Hall–Kier alpha value is -1.05. The molecule has 1 aromatic rings. The zero-order chi connectivity index (χ0) is 9.31. The highest BCUT2D eigenvalue weighted by atomic mass is 16.1. The van der Waals surface area contributed by atoms with E-state index in [1.54, 1.807) is 0 Å². The van der Waals surface area contributed by atoms with Crippen LogP contribution in [0.1, 0.15) is 36.7 Å². The molecule has 0 aromatic carbocycles. The first kappa shape index (κ1) is 8.54. The number of hydrogen-bond acceptors (Lipinski definition) is 1. The molecule has 0 aliphatic heterocycles. The Kier molecular flexibility index (Phi) is 1.98. The van der Waals surface area contributed by atoms with E-state index in [1.165, 1.54) is 19.3 Å². The van der Waals surface area contributed by atoms with Crippen LogP contribution < -0.4 is 0 Å². The van der Waals surface area contributed by atoms with E-state index in [0.29, 0.717) is 5.41 Å². The topological polar surface area (TPSA) is 22.0 Å². The van der Waals surface area contributed by atoms with Crippen molar-refractivity contribution in [3.05, 3.63) is 24.0 Å². The Morgan fingerprint density at radius 1 is 1.62 bits per heavy atom. The summed E-state index contributed by atoms with van der Waals surface area (Å²) in [6, 6.07) is 3.81. The molecule has 1 fully saturated rings. The van der Waals surface area contributed by atoms with Crippen LogP contribution in [0.25, 0.3) is 0 Å². The van der Waals surface area contributed by atoms with Crippen molar-refractivity contribution in [3.63, 3.8) is 0 Å². The van der Waals surface area contributed by atoms with Crippen LogP contribution in [0.5, 0.6) is 0 Å². The summed E-state index contributed by atoms with van der Waals surface area (Å²) in [6.07, 6.45) is 6.86. The number of carbonyl (C=O) groups excluding carboxylic acids is 1. The van der Waals surface area contributed by atoms with E-state index in [9.17, 15) is 4.79 Å². The van der Waals surface area contributed by atoms with Gasteiger partial charge in [-0.1, -0.05) is 13.3 Å². The molecule has 0 amide bonds. The smallest absolute Gasteiger partial charge is 0.166 e. The fourth-order valence-electron chi connectivity index (χ4n) is 2.03. The first-order valence-electron chi connectivity index (χ1n) is 4.84. The van der Waals surface area contributed by atoms with E-state index in [0.717, 1.165) is 18.5 Å². The first-order chi connectivity index (χ1) is 6.23. The molecule has 2 rings (SSSR count). The lowest BCUT2D eigenvalue weighted by Crippen LogP contribution is -2.31. The second kappa shape index (κ2) is 3.02. The van der Waals surface area contributed by atoms with Crippen LogP contribution in [0.4, 0.5) is 0 Å². The molecule has 13 heavy (non-hydrogen) atoms. The molecule has 70 valence electrons. The summed E-state index contributed by atoms with van der Waals surface area (Å²) < 4.78 is 2.06. The van der Waals surface area contributed by atoms with Crippen molar-refractivity contribution in [2.45, 2.75) is 32.7 Å². The fraction of sp³-hybridized carbons (Fsp3) is 0.545. The van der Waals surface area contributed by atoms with Gasteiger partial charge in [-0.2, -0.15) is 0 Å². The molecule has 2 nitrogen and oxygen atoms in total. The monoisotopic (exact) mass is 177 g/mol. The van der Waals surface area contributed by atoms with E-state index in [2.05, 4.69) is 11.5 Å². The Morgan fingerprint density at radius 2 is 2.38 bits per heavy atom. The Balaban J connectivity index is 2.12. The van der Waals surface area contributed by atoms with Crippen LogP contribution in [0.3, 0.4) is 0 Å². The largest absolute Gasteiger partial charge is 0.345 e. The van der Waals surface area contributed by atoms with Gasteiger partial charge in [0.15, 0.2) is 6.29 Å². The van der Waals surface area contributed by atoms with Gasteiger partial charge in [-0.15, -0.1) is 0 Å². The van der Waals surface area contributed by atoms with Gasteiger partial charge in [-0.05, 0) is 30.4 Å². The minimum Gasteiger partial charge on any atom is -0.345 e. The second-order valence-electron chi connectivity index (χ2n) is 4.34. The van der Waals surface area contributed by atoms with E-state index in [1.807, 2.05) is 18.3 Å². The van der Waals surface area contributed by atoms with E-state index in [4.69, 9.17) is 0 Å². The molecule has 0 N–H and O–H groups in total. The Morgan fingerprint density at radius 3 is 2.92 bits per heavy atom. The van der Waals surface area contributed by atoms with Crippen LogP contribution >= 0.6 is 0 Å². The molecule has 0 radical (unpaired) electrons. The number of hydrogen-bond donors (Lipinski definition) is 0. The van der Waals surface area contributed by atoms with Crippen molar-refractivity contribution >= 4 is 6.29 Å². The lowest BCUT2D eigenvalue weighted by Gasteiger charge is -2.38. The van der Waals surface area contributed by atoms with Crippen LogP contribution in [-0.4, -0.2) is 10.9 Å². The summed E-state index contributed by atoms with van der Waals surface area (Å²) in [4.78, 5) is 10.7. The minimum absolute atomic E-state index is 0.441. The molecule has 1 aromatic heterocycles. The van der Waals surface area contributed by atoms with Crippen molar-refractivity contribution in [1.82, 2.24) is 4.57 Å². The third-order valence-corrected chi connectivity index (χ3v) is 3.10. The molecule has 1 saturated carbocycles. The quantitative estimate of drug-likeness (QED) is 0.650. The maximum atomic E-state index is 10.7. The van der Waals surface area contributed by atoms with Gasteiger partial charge in [0.05, 0.1) is 5.69 Å². The third kappa shape index (κ3) is 1.53. The number of aldehydes is 1. The predicted octanol–water partition coefficient (Wildman–Crippen LogP) is 2.49. The molecule has 0 saturated heterocycles. The molecule has 0 unspecified atom stereocenters. The van der Waals surface area contributed by atoms with Gasteiger partial charge in [-0.3, -0.25) is 4.79 Å². The molecule has 2 heteroatoms. The fourth-order valence-corrected chi connectivity index (χ4v) is 2.03. The first-order valence-corrected chi connectivity index (χ1v) is 4.84. The Labute approximate surface area is 78.6 Å². The van der Waals surface area contributed by atoms with Crippen LogP contribution in [-0.2, 0) is 6.54 Å². The van der Waals surface area contributed by atoms with Gasteiger partial charge in [0.1, 0.15) is 0 Å². The third-order valence-electron chi connectivity index (χ3n) is 3.10. The zero-order valence-electron chi connectivity index (χ0n) is 7.99. The maximum Gasteiger partial charge on any atom is 0.166 e. The van der Waals surface area contributed by atoms with Crippen molar-refractivity contribution in [2.75, 3.05) is 0 Å². The van der Waals surface area contributed by atoms with Gasteiger partial charge >= 0.3 is 0 Å². The molecule has 0 bridgehead atoms. The van der Waals surface area contributed by atoms with Gasteiger partial charge in [-0.25, -0.2) is 0 Å². The molecule has 1 aliphatic carbocycles. The molecule has 0 atom stereocenters. The van der Waals surface area contributed by atoms with Crippen molar-refractivity contribution < 1.29 is 4.79 Å². The van der Waals surface area contributed by atoms with Crippen molar-refractivity contribution in [2.24, 2.45) is 5.41 Å². The second-order valence-corrected chi connectivity index (χ2v) is 4.34. The van der Waals surface area contributed by atoms with E-state index < -0.39 is 0 Å². The van der Waals surface area contributed by atoms with Crippen LogP contribution in [0, 0.1) is 5.41 Å². The van der Waals surface area contributed by atoms with Gasteiger partial charge in [0, 0.05) is 12.7 Å². The van der Waals surface area contributed by atoms with Crippen molar-refractivity contribution in [1.29, 1.82) is 0 Å². The summed E-state index contributed by atoms with van der Waals surface area (Å²) in [7, 11) is 0. The van der Waals surface area contributed by atoms with Gasteiger partial charge in [0.25, 0.3) is 0 Å². The number of nitrogens with zero attached hydrogens (tertiary/aromatic N) is 1. The number of rotatable bonds is 3. The van der Waals surface area contributed by atoms with Crippen LogP contribution in [0.15, 0.2) is 18.3 Å². The Bertz CT molecular complexity index is 310. The van der Waals surface area contributed by atoms with Gasteiger partial charge in [0.2, 0.25) is 0 Å². The van der Waals surface area contributed by atoms with E-state index in [-0.39, 0.29) is 0 Å². The summed E-state index contributed by atoms with van der Waals surface area (Å²) >= 11 is 0. The summed E-state index contributed by atoms with van der Waals surface area (Å²) in [5.41, 5.74) is 1.24. The van der Waals surface area contributed by atoms with Crippen LogP contribution in [0.2, 0.25) is 0 Å². The SMILES string of the molecule is CC1(Cn2cccc2C=O)CCC1. The number of carbonyl (C=O) groups is 1. The lowest BCUT2D eigenvalue weighted by molar-refractivity contribution is 0.109. The highest BCUT2D eigenvalue weighted by Crippen LogP contribution is 2.41. The summed E-state index contributed by atoms with van der Waals surface area (Å²) in [6.45, 7) is 3.29. The van der Waals surface area contributed by atoms with Gasteiger partial charge < -0.3 is 4.57 Å². The number of aromatic nitrogens is 1. The summed E-state index contributed by atoms with van der Waals surface area (Å²) in [5.74, 6) is 0. The minimum atomic E-state index is 0.441. The maximum absolute atomic E-state index is 10.7. The molecular formula is C11H15NO. The standard InChI is InChI=1S/C11H15NO/c1-11(5-3-6-11)9-12-7-2-4-10(12)8-13/h2,4,7-8H,3,5-6,9H2,1H3. The van der Waals surface area contributed by atoms with E-state index >= 15 is 0 Å². The molecule has 1 aliphatic rings.